The van der Waals surface area contributed by atoms with Gasteiger partial charge in [-0.3, -0.25) is 4.79 Å². The molecule has 0 aliphatic rings. The third kappa shape index (κ3) is 5.14. The van der Waals surface area contributed by atoms with Crippen LogP contribution in [0.25, 0.3) is 11.1 Å². The first-order valence-electron chi connectivity index (χ1n) is 10.1. The van der Waals surface area contributed by atoms with Gasteiger partial charge >= 0.3 is 6.01 Å². The molecule has 1 aromatic heterocycles. The van der Waals surface area contributed by atoms with Crippen LogP contribution in [0.5, 0.6) is 11.8 Å². The summed E-state index contributed by atoms with van der Waals surface area (Å²) < 4.78 is 5.62. The van der Waals surface area contributed by atoms with Crippen molar-refractivity contribution in [2.45, 2.75) is 19.9 Å². The molecule has 0 saturated carbocycles. The van der Waals surface area contributed by atoms with Crippen molar-refractivity contribution in [1.29, 1.82) is 0 Å². The third-order valence-electron chi connectivity index (χ3n) is 4.99. The Labute approximate surface area is 181 Å². The topological polar surface area (TPSA) is 64.1 Å². The second-order valence-electron chi connectivity index (χ2n) is 7.35. The highest BCUT2D eigenvalue weighted by Crippen LogP contribution is 2.22. The smallest absolute Gasteiger partial charge is 0.321 e. The standard InChI is InChI=1S/C26H23N3O2/c1-18-8-10-20(11-9-18)19(2)29-25(30)22-14-12-21(13-15-22)23-16-27-26(28-17-23)31-24-6-4-3-5-7-24/h3-17,19H,1-2H3,(H,29,30)/t19-/m0/s1. The number of benzene rings is 3. The molecule has 5 heteroatoms. The van der Waals surface area contributed by atoms with Gasteiger partial charge in [-0.15, -0.1) is 0 Å². The zero-order valence-electron chi connectivity index (χ0n) is 17.4. The quantitative estimate of drug-likeness (QED) is 0.441. The molecule has 154 valence electrons. The molecule has 0 aliphatic heterocycles. The van der Waals surface area contributed by atoms with E-state index in [1.807, 2.05) is 80.6 Å². The van der Waals surface area contributed by atoms with Crippen LogP contribution >= 0.6 is 0 Å². The number of hydrogen-bond donors (Lipinski definition) is 1. The van der Waals surface area contributed by atoms with Gasteiger partial charge in [-0.1, -0.05) is 60.2 Å². The number of carbonyl (C=O) groups is 1. The minimum atomic E-state index is -0.109. The molecule has 31 heavy (non-hydrogen) atoms. The lowest BCUT2D eigenvalue weighted by Crippen LogP contribution is -2.26. The van der Waals surface area contributed by atoms with Crippen LogP contribution in [0.2, 0.25) is 0 Å². The maximum Gasteiger partial charge on any atom is 0.321 e. The van der Waals surface area contributed by atoms with Crippen LogP contribution in [-0.2, 0) is 0 Å². The maximum atomic E-state index is 12.6. The van der Waals surface area contributed by atoms with E-state index in [4.69, 9.17) is 4.74 Å². The van der Waals surface area contributed by atoms with Crippen molar-refractivity contribution in [1.82, 2.24) is 15.3 Å². The van der Waals surface area contributed by atoms with Crippen LogP contribution in [0.1, 0.15) is 34.5 Å². The maximum absolute atomic E-state index is 12.6. The monoisotopic (exact) mass is 409 g/mol. The lowest BCUT2D eigenvalue weighted by atomic mass is 10.0. The molecule has 0 aliphatic carbocycles. The molecule has 0 unspecified atom stereocenters. The summed E-state index contributed by atoms with van der Waals surface area (Å²) in [7, 11) is 0. The fraction of sp³-hybridized carbons (Fsp3) is 0.115. The van der Waals surface area contributed by atoms with Crippen LogP contribution in [0, 0.1) is 6.92 Å². The van der Waals surface area contributed by atoms with Crippen molar-refractivity contribution in [2.24, 2.45) is 0 Å². The van der Waals surface area contributed by atoms with Gasteiger partial charge in [0, 0.05) is 23.5 Å². The number of carbonyl (C=O) groups excluding carboxylic acids is 1. The summed E-state index contributed by atoms with van der Waals surface area (Å²) in [4.78, 5) is 21.2. The van der Waals surface area contributed by atoms with Gasteiger partial charge in [-0.2, -0.15) is 0 Å². The second-order valence-corrected chi connectivity index (χ2v) is 7.35. The Kier molecular flexibility index (Phi) is 6.03. The minimum Gasteiger partial charge on any atom is -0.424 e. The number of aryl methyl sites for hydroxylation is 1. The van der Waals surface area contributed by atoms with Crippen molar-refractivity contribution in [2.75, 3.05) is 0 Å². The number of nitrogens with one attached hydrogen (secondary N) is 1. The minimum absolute atomic E-state index is 0.0710. The lowest BCUT2D eigenvalue weighted by molar-refractivity contribution is 0.0940. The molecule has 1 amide bonds. The Hall–Kier alpha value is -3.99. The van der Waals surface area contributed by atoms with Gasteiger partial charge < -0.3 is 10.1 Å². The van der Waals surface area contributed by atoms with Crippen LogP contribution < -0.4 is 10.1 Å². The normalized spacial score (nSPS) is 11.5. The third-order valence-corrected chi connectivity index (χ3v) is 4.99. The Morgan fingerprint density at radius 2 is 1.48 bits per heavy atom. The molecule has 0 radical (unpaired) electrons. The molecule has 0 fully saturated rings. The molecule has 1 atom stereocenters. The van der Waals surface area contributed by atoms with Crippen molar-refractivity contribution >= 4 is 5.91 Å². The van der Waals surface area contributed by atoms with Gasteiger partial charge in [0.1, 0.15) is 5.75 Å². The van der Waals surface area contributed by atoms with Gasteiger partial charge in [0.15, 0.2) is 0 Å². The van der Waals surface area contributed by atoms with E-state index >= 15 is 0 Å². The van der Waals surface area contributed by atoms with E-state index in [1.165, 1.54) is 5.56 Å². The van der Waals surface area contributed by atoms with Gasteiger partial charge in [-0.25, -0.2) is 9.97 Å². The lowest BCUT2D eigenvalue weighted by Gasteiger charge is -2.15. The summed E-state index contributed by atoms with van der Waals surface area (Å²) in [6.07, 6.45) is 3.42. The number of aromatic nitrogens is 2. The van der Waals surface area contributed by atoms with Crippen LogP contribution in [0.4, 0.5) is 0 Å². The summed E-state index contributed by atoms with van der Waals surface area (Å²) >= 11 is 0. The van der Waals surface area contributed by atoms with E-state index in [0.29, 0.717) is 11.3 Å². The molecule has 3 aromatic carbocycles. The van der Waals surface area contributed by atoms with E-state index in [9.17, 15) is 4.79 Å². The number of nitrogens with zero attached hydrogens (tertiary/aromatic N) is 2. The van der Waals surface area contributed by atoms with Crippen molar-refractivity contribution in [3.8, 4) is 22.9 Å². The summed E-state index contributed by atoms with van der Waals surface area (Å²) in [6.45, 7) is 4.02. The zero-order chi connectivity index (χ0) is 21.6. The summed E-state index contributed by atoms with van der Waals surface area (Å²) in [5.41, 5.74) is 4.65. The van der Waals surface area contributed by atoms with E-state index in [0.717, 1.165) is 16.7 Å². The molecular weight excluding hydrogens is 386 g/mol. The zero-order valence-corrected chi connectivity index (χ0v) is 17.4. The summed E-state index contributed by atoms with van der Waals surface area (Å²) in [6, 6.07) is 25.2. The van der Waals surface area contributed by atoms with Gasteiger partial charge in [0.05, 0.1) is 6.04 Å². The summed E-state index contributed by atoms with van der Waals surface area (Å²) in [5.74, 6) is 0.577. The van der Waals surface area contributed by atoms with Gasteiger partial charge in [0.25, 0.3) is 5.91 Å². The molecular formula is C26H23N3O2. The molecule has 1 heterocycles. The predicted molar refractivity (Wildman–Crippen MR) is 121 cm³/mol. The Balaban J connectivity index is 1.40. The number of amides is 1. The predicted octanol–water partition coefficient (Wildman–Crippen LogP) is 5.74. The first-order chi connectivity index (χ1) is 15.1. The number of ether oxygens (including phenoxy) is 1. The summed E-state index contributed by atoms with van der Waals surface area (Å²) in [5, 5.41) is 3.04. The van der Waals surface area contributed by atoms with Crippen LogP contribution in [0.3, 0.4) is 0 Å². The van der Waals surface area contributed by atoms with Crippen molar-refractivity contribution in [3.05, 3.63) is 108 Å². The fourth-order valence-corrected chi connectivity index (χ4v) is 3.14. The SMILES string of the molecule is Cc1ccc([C@H](C)NC(=O)c2ccc(-c3cnc(Oc4ccccc4)nc3)cc2)cc1. The van der Waals surface area contributed by atoms with E-state index in [1.54, 1.807) is 24.5 Å². The first kappa shape index (κ1) is 20.3. The number of rotatable bonds is 6. The molecule has 5 nitrogen and oxygen atoms in total. The van der Waals surface area contributed by atoms with Gasteiger partial charge in [-0.05, 0) is 49.2 Å². The molecule has 4 aromatic rings. The van der Waals surface area contributed by atoms with Crippen LogP contribution in [0.15, 0.2) is 91.3 Å². The first-order valence-corrected chi connectivity index (χ1v) is 10.1. The average molecular weight is 409 g/mol. The Morgan fingerprint density at radius 3 is 2.13 bits per heavy atom. The Morgan fingerprint density at radius 1 is 0.839 bits per heavy atom. The van der Waals surface area contributed by atoms with Crippen molar-refractivity contribution in [3.63, 3.8) is 0 Å². The number of hydrogen-bond acceptors (Lipinski definition) is 4. The Bertz CT molecular complexity index is 1140. The fourth-order valence-electron chi connectivity index (χ4n) is 3.14. The second kappa shape index (κ2) is 9.22. The highest BCUT2D eigenvalue weighted by atomic mass is 16.5. The van der Waals surface area contributed by atoms with Gasteiger partial charge in [0.2, 0.25) is 0 Å². The van der Waals surface area contributed by atoms with Crippen molar-refractivity contribution < 1.29 is 9.53 Å². The highest BCUT2D eigenvalue weighted by Gasteiger charge is 2.12. The highest BCUT2D eigenvalue weighted by molar-refractivity contribution is 5.94. The van der Waals surface area contributed by atoms with E-state index < -0.39 is 0 Å². The number of para-hydroxylation sites is 1. The van der Waals surface area contributed by atoms with E-state index in [2.05, 4.69) is 15.3 Å². The largest absolute Gasteiger partial charge is 0.424 e. The molecule has 0 spiro atoms. The molecule has 0 bridgehead atoms. The van der Waals surface area contributed by atoms with E-state index in [-0.39, 0.29) is 18.0 Å². The molecule has 0 saturated heterocycles. The van der Waals surface area contributed by atoms with Crippen LogP contribution in [-0.4, -0.2) is 15.9 Å². The average Bonchev–Trinajstić information content (AvgIpc) is 2.81. The molecule has 4 rings (SSSR count). The molecule has 1 N–H and O–H groups in total.